The highest BCUT2D eigenvalue weighted by molar-refractivity contribution is 6.00. The summed E-state index contributed by atoms with van der Waals surface area (Å²) in [5.74, 6) is -0.640. The monoisotopic (exact) mass is 416 g/mol. The second-order valence-electron chi connectivity index (χ2n) is 7.64. The molecular weight excluding hydrogens is 392 g/mol. The van der Waals surface area contributed by atoms with Crippen molar-refractivity contribution >= 4 is 45.6 Å². The lowest BCUT2D eigenvalue weighted by Crippen LogP contribution is -2.34. The van der Waals surface area contributed by atoms with Crippen LogP contribution >= 0.6 is 0 Å². The van der Waals surface area contributed by atoms with E-state index >= 15 is 0 Å². The SMILES string of the molecule is CC(=O)Nc1cc(NC(C)=O)cc(C(=O)N2CC=C(c3c[nH]c4ccccc34)CC2)c1. The summed E-state index contributed by atoms with van der Waals surface area (Å²) in [6.07, 6.45) is 4.85. The standard InChI is InChI=1S/C24H24N4O3/c1-15(29)26-19-11-18(12-20(13-19)27-16(2)30)24(31)28-9-7-17(8-10-28)22-14-25-23-6-4-3-5-21(22)23/h3-7,11-14,25H,8-10H2,1-2H3,(H,26,29)(H,27,30). The minimum atomic E-state index is -0.248. The van der Waals surface area contributed by atoms with Gasteiger partial charge in [0.15, 0.2) is 0 Å². The van der Waals surface area contributed by atoms with Crippen molar-refractivity contribution in [1.82, 2.24) is 9.88 Å². The van der Waals surface area contributed by atoms with E-state index < -0.39 is 0 Å². The molecule has 3 amide bonds. The van der Waals surface area contributed by atoms with Crippen LogP contribution in [0.2, 0.25) is 0 Å². The Labute approximate surface area is 180 Å². The molecule has 0 aliphatic carbocycles. The molecule has 3 N–H and O–H groups in total. The number of hydrogen-bond donors (Lipinski definition) is 3. The molecule has 0 saturated carbocycles. The Bertz CT molecular complexity index is 1170. The topological polar surface area (TPSA) is 94.3 Å². The highest BCUT2D eigenvalue weighted by atomic mass is 16.2. The maximum Gasteiger partial charge on any atom is 0.254 e. The summed E-state index contributed by atoms with van der Waals surface area (Å²) in [6.45, 7) is 3.87. The highest BCUT2D eigenvalue weighted by Gasteiger charge is 2.21. The Morgan fingerprint density at radius 3 is 2.26 bits per heavy atom. The first-order valence-electron chi connectivity index (χ1n) is 10.2. The van der Waals surface area contributed by atoms with Gasteiger partial charge in [-0.15, -0.1) is 0 Å². The molecule has 3 aromatic rings. The molecule has 0 saturated heterocycles. The lowest BCUT2D eigenvalue weighted by atomic mass is 9.98. The third-order valence-corrected chi connectivity index (χ3v) is 5.25. The number of carbonyl (C=O) groups excluding carboxylic acids is 3. The number of nitrogens with one attached hydrogen (secondary N) is 3. The van der Waals surface area contributed by atoms with E-state index in [-0.39, 0.29) is 17.7 Å². The highest BCUT2D eigenvalue weighted by Crippen LogP contribution is 2.30. The number of aromatic amines is 1. The summed E-state index contributed by atoms with van der Waals surface area (Å²) in [6, 6.07) is 13.1. The Morgan fingerprint density at radius 1 is 0.968 bits per heavy atom. The van der Waals surface area contributed by atoms with Crippen molar-refractivity contribution in [2.75, 3.05) is 23.7 Å². The second-order valence-corrected chi connectivity index (χ2v) is 7.64. The molecule has 1 aromatic heterocycles. The van der Waals surface area contributed by atoms with Gasteiger partial charge in [-0.2, -0.15) is 0 Å². The van der Waals surface area contributed by atoms with Crippen LogP contribution in [0.25, 0.3) is 16.5 Å². The average Bonchev–Trinajstić information content (AvgIpc) is 3.16. The third-order valence-electron chi connectivity index (χ3n) is 5.25. The van der Waals surface area contributed by atoms with Crippen molar-refractivity contribution in [3.05, 3.63) is 65.9 Å². The molecule has 0 radical (unpaired) electrons. The Morgan fingerprint density at radius 2 is 1.65 bits per heavy atom. The number of aromatic nitrogens is 1. The Hall–Kier alpha value is -3.87. The van der Waals surface area contributed by atoms with Gasteiger partial charge in [-0.25, -0.2) is 0 Å². The number of hydrogen-bond acceptors (Lipinski definition) is 3. The fourth-order valence-electron chi connectivity index (χ4n) is 3.92. The smallest absolute Gasteiger partial charge is 0.254 e. The van der Waals surface area contributed by atoms with Gasteiger partial charge in [-0.1, -0.05) is 24.3 Å². The number of H-pyrrole nitrogens is 1. The molecule has 2 heterocycles. The van der Waals surface area contributed by atoms with Gasteiger partial charge in [0.05, 0.1) is 0 Å². The number of benzene rings is 2. The maximum atomic E-state index is 13.1. The lowest BCUT2D eigenvalue weighted by molar-refractivity contribution is -0.115. The zero-order valence-electron chi connectivity index (χ0n) is 17.5. The zero-order valence-corrected chi connectivity index (χ0v) is 17.5. The van der Waals surface area contributed by atoms with Crippen LogP contribution in [0.3, 0.4) is 0 Å². The Balaban J connectivity index is 1.56. The Kier molecular flexibility index (Phi) is 5.58. The summed E-state index contributed by atoms with van der Waals surface area (Å²) >= 11 is 0. The van der Waals surface area contributed by atoms with Gasteiger partial charge in [0.1, 0.15) is 0 Å². The molecule has 31 heavy (non-hydrogen) atoms. The number of para-hydroxylation sites is 1. The van der Waals surface area contributed by atoms with Crippen LogP contribution in [-0.4, -0.2) is 40.7 Å². The molecule has 0 atom stereocenters. The second kappa shape index (κ2) is 8.47. The summed E-state index contributed by atoms with van der Waals surface area (Å²) in [5, 5.41) is 6.54. The normalized spacial score (nSPS) is 13.6. The van der Waals surface area contributed by atoms with Crippen molar-refractivity contribution in [2.24, 2.45) is 0 Å². The van der Waals surface area contributed by atoms with Crippen molar-refractivity contribution in [1.29, 1.82) is 0 Å². The fraction of sp³-hybridized carbons (Fsp3) is 0.208. The minimum Gasteiger partial charge on any atom is -0.361 e. The van der Waals surface area contributed by atoms with E-state index in [0.29, 0.717) is 30.0 Å². The van der Waals surface area contributed by atoms with E-state index in [0.717, 1.165) is 11.9 Å². The first-order chi connectivity index (χ1) is 14.9. The molecular formula is C24H24N4O3. The molecule has 0 fully saturated rings. The average molecular weight is 416 g/mol. The van der Waals surface area contributed by atoms with E-state index in [1.807, 2.05) is 24.4 Å². The van der Waals surface area contributed by atoms with Gasteiger partial charge >= 0.3 is 0 Å². The van der Waals surface area contributed by atoms with Crippen LogP contribution in [-0.2, 0) is 9.59 Å². The van der Waals surface area contributed by atoms with E-state index in [4.69, 9.17) is 0 Å². The first-order valence-corrected chi connectivity index (χ1v) is 10.2. The molecule has 0 spiro atoms. The van der Waals surface area contributed by atoms with Gasteiger partial charge in [-0.3, -0.25) is 14.4 Å². The number of anilines is 2. The molecule has 0 unspecified atom stereocenters. The molecule has 7 heteroatoms. The molecule has 2 aromatic carbocycles. The van der Waals surface area contributed by atoms with E-state index in [1.165, 1.54) is 30.4 Å². The van der Waals surface area contributed by atoms with Crippen molar-refractivity contribution in [3.8, 4) is 0 Å². The number of fused-ring (bicyclic) bond motifs is 1. The molecule has 1 aliphatic rings. The van der Waals surface area contributed by atoms with Crippen LogP contribution < -0.4 is 10.6 Å². The molecule has 4 rings (SSSR count). The predicted molar refractivity (Wildman–Crippen MR) is 122 cm³/mol. The zero-order chi connectivity index (χ0) is 22.0. The predicted octanol–water partition coefficient (Wildman–Crippen LogP) is 4.01. The van der Waals surface area contributed by atoms with Gasteiger partial charge in [-0.05, 0) is 36.3 Å². The molecule has 0 bridgehead atoms. The van der Waals surface area contributed by atoms with Crippen LogP contribution in [0.4, 0.5) is 11.4 Å². The number of rotatable bonds is 4. The van der Waals surface area contributed by atoms with Crippen LogP contribution in [0.15, 0.2) is 54.7 Å². The van der Waals surface area contributed by atoms with Crippen LogP contribution in [0, 0.1) is 0 Å². The summed E-state index contributed by atoms with van der Waals surface area (Å²) in [7, 11) is 0. The molecule has 1 aliphatic heterocycles. The van der Waals surface area contributed by atoms with Crippen molar-refractivity contribution < 1.29 is 14.4 Å². The summed E-state index contributed by atoms with van der Waals surface area (Å²) < 4.78 is 0. The van der Waals surface area contributed by atoms with Gasteiger partial charge in [0.2, 0.25) is 11.8 Å². The third kappa shape index (κ3) is 4.50. The fourth-order valence-corrected chi connectivity index (χ4v) is 3.92. The largest absolute Gasteiger partial charge is 0.361 e. The van der Waals surface area contributed by atoms with Gasteiger partial charge in [0.25, 0.3) is 5.91 Å². The van der Waals surface area contributed by atoms with Crippen molar-refractivity contribution in [3.63, 3.8) is 0 Å². The lowest BCUT2D eigenvalue weighted by Gasteiger charge is -2.27. The van der Waals surface area contributed by atoms with E-state index in [1.54, 1.807) is 23.1 Å². The maximum absolute atomic E-state index is 13.1. The minimum absolute atomic E-state index is 0.145. The molecule has 7 nitrogen and oxygen atoms in total. The summed E-state index contributed by atoms with van der Waals surface area (Å²) in [5.41, 5.74) is 4.83. The first kappa shape index (κ1) is 20.4. The van der Waals surface area contributed by atoms with Crippen molar-refractivity contribution in [2.45, 2.75) is 20.3 Å². The number of nitrogens with zero attached hydrogens (tertiary/aromatic N) is 1. The van der Waals surface area contributed by atoms with Crippen LogP contribution in [0.5, 0.6) is 0 Å². The quantitative estimate of drug-likeness (QED) is 0.600. The number of carbonyl (C=O) groups is 3. The van der Waals surface area contributed by atoms with Gasteiger partial charge < -0.3 is 20.5 Å². The number of amides is 3. The van der Waals surface area contributed by atoms with Crippen LogP contribution in [0.1, 0.15) is 36.2 Å². The van der Waals surface area contributed by atoms with E-state index in [2.05, 4.69) is 27.8 Å². The van der Waals surface area contributed by atoms with Gasteiger partial charge in [0, 0.05) is 66.5 Å². The van der Waals surface area contributed by atoms with E-state index in [9.17, 15) is 14.4 Å². The molecule has 158 valence electrons. The summed E-state index contributed by atoms with van der Waals surface area (Å²) in [4.78, 5) is 41.1.